The zero-order valence-corrected chi connectivity index (χ0v) is 21.2. The molecule has 0 aliphatic rings. The Balaban J connectivity index is 1.52. The molecule has 0 radical (unpaired) electrons. The number of nitrogens with zero attached hydrogens (tertiary/aromatic N) is 1. The summed E-state index contributed by atoms with van der Waals surface area (Å²) in [4.78, 5) is 4.98. The first-order valence-corrected chi connectivity index (χ1v) is 12.2. The van der Waals surface area contributed by atoms with Gasteiger partial charge in [0.1, 0.15) is 18.1 Å². The van der Waals surface area contributed by atoms with Crippen molar-refractivity contribution in [2.45, 2.75) is 19.4 Å². The number of aliphatic imine (C=N–C) groups is 1. The summed E-state index contributed by atoms with van der Waals surface area (Å²) >= 11 is 9.96. The summed E-state index contributed by atoms with van der Waals surface area (Å²) < 4.78 is 12.3. The van der Waals surface area contributed by atoms with E-state index in [1.54, 1.807) is 7.11 Å². The number of rotatable bonds is 9. The second-order valence-corrected chi connectivity index (χ2v) is 9.11. The van der Waals surface area contributed by atoms with Crippen LogP contribution in [0.1, 0.15) is 23.1 Å². The number of hydrogen-bond acceptors (Lipinski definition) is 3. The van der Waals surface area contributed by atoms with Crippen LogP contribution < -0.4 is 9.47 Å². The van der Waals surface area contributed by atoms with Gasteiger partial charge in [0.05, 0.1) is 12.8 Å². The molecule has 0 heterocycles. The molecular weight excluding hydrogens is 510 g/mol. The van der Waals surface area contributed by atoms with Crippen LogP contribution in [0.3, 0.4) is 0 Å². The Morgan fingerprint density at radius 1 is 0.853 bits per heavy atom. The second kappa shape index (κ2) is 11.9. The lowest BCUT2D eigenvalue weighted by molar-refractivity contribution is 0.306. The van der Waals surface area contributed by atoms with E-state index < -0.39 is 0 Å². The van der Waals surface area contributed by atoms with Gasteiger partial charge >= 0.3 is 0 Å². The fourth-order valence-corrected chi connectivity index (χ4v) is 4.02. The molecule has 4 rings (SSSR count). The molecule has 0 unspecified atom stereocenters. The van der Waals surface area contributed by atoms with Gasteiger partial charge in [0.25, 0.3) is 0 Å². The van der Waals surface area contributed by atoms with Crippen molar-refractivity contribution < 1.29 is 9.47 Å². The van der Waals surface area contributed by atoms with Gasteiger partial charge in [0, 0.05) is 15.2 Å². The first kappa shape index (κ1) is 24.1. The topological polar surface area (TPSA) is 30.8 Å². The largest absolute Gasteiger partial charge is 0.497 e. The molecule has 0 amide bonds. The summed E-state index contributed by atoms with van der Waals surface area (Å²) in [5.41, 5.74) is 5.12. The van der Waals surface area contributed by atoms with Crippen molar-refractivity contribution in [2.24, 2.45) is 4.99 Å². The maximum absolute atomic E-state index is 6.44. The lowest BCUT2D eigenvalue weighted by Gasteiger charge is -2.11. The Hall–Kier alpha value is -3.08. The molecule has 0 atom stereocenters. The summed E-state index contributed by atoms with van der Waals surface area (Å²) in [6, 6.07) is 32.0. The van der Waals surface area contributed by atoms with Gasteiger partial charge < -0.3 is 9.47 Å². The van der Waals surface area contributed by atoms with Crippen molar-refractivity contribution in [3.8, 4) is 11.5 Å². The third-order valence-electron chi connectivity index (χ3n) is 5.41. The SMILES string of the molecule is COc1ccc(Cl)c(CCC(=Nc2ccc(OCc3ccccc3)cc2)c2ccc(Br)cc2)c1. The van der Waals surface area contributed by atoms with Crippen molar-refractivity contribution in [2.75, 3.05) is 7.11 Å². The highest BCUT2D eigenvalue weighted by Gasteiger charge is 2.09. The summed E-state index contributed by atoms with van der Waals surface area (Å²) in [5.74, 6) is 1.61. The van der Waals surface area contributed by atoms with E-state index in [0.717, 1.165) is 61.9 Å². The highest BCUT2D eigenvalue weighted by atomic mass is 79.9. The Morgan fingerprint density at radius 2 is 1.56 bits per heavy atom. The first-order valence-electron chi connectivity index (χ1n) is 11.0. The number of hydrogen-bond donors (Lipinski definition) is 0. The van der Waals surface area contributed by atoms with Gasteiger partial charge in [-0.1, -0.05) is 70.0 Å². The molecule has 0 aromatic heterocycles. The summed E-state index contributed by atoms with van der Waals surface area (Å²) in [6.45, 7) is 0.537. The van der Waals surface area contributed by atoms with Gasteiger partial charge in [-0.3, -0.25) is 4.99 Å². The normalized spacial score (nSPS) is 11.3. The average Bonchev–Trinajstić information content (AvgIpc) is 2.88. The van der Waals surface area contributed by atoms with Crippen LogP contribution in [0, 0.1) is 0 Å². The minimum absolute atomic E-state index is 0.537. The van der Waals surface area contributed by atoms with E-state index in [-0.39, 0.29) is 0 Å². The molecule has 0 saturated carbocycles. The second-order valence-electron chi connectivity index (χ2n) is 7.79. The molecule has 0 aliphatic carbocycles. The standard InChI is InChI=1S/C29H25BrClNO2/c1-33-27-16-17-28(31)23(19-27)9-18-29(22-7-10-24(30)11-8-22)32-25-12-14-26(15-13-25)34-20-21-5-3-2-4-6-21/h2-8,10-17,19H,9,18,20H2,1H3. The van der Waals surface area contributed by atoms with Crippen LogP contribution in [0.2, 0.25) is 5.02 Å². The van der Waals surface area contributed by atoms with Gasteiger partial charge in [-0.15, -0.1) is 0 Å². The molecule has 0 spiro atoms. The molecule has 4 aromatic carbocycles. The Bertz CT molecular complexity index is 1240. The van der Waals surface area contributed by atoms with E-state index in [0.29, 0.717) is 6.61 Å². The molecule has 5 heteroatoms. The van der Waals surface area contributed by atoms with Crippen LogP contribution in [0.5, 0.6) is 11.5 Å². The van der Waals surface area contributed by atoms with Crippen molar-refractivity contribution in [3.05, 3.63) is 123 Å². The molecule has 0 fully saturated rings. The van der Waals surface area contributed by atoms with Gasteiger partial charge in [0.15, 0.2) is 0 Å². The molecule has 3 nitrogen and oxygen atoms in total. The van der Waals surface area contributed by atoms with Gasteiger partial charge in [-0.05, 0) is 84.1 Å². The minimum Gasteiger partial charge on any atom is -0.497 e. The van der Waals surface area contributed by atoms with E-state index in [4.69, 9.17) is 26.1 Å². The highest BCUT2D eigenvalue weighted by Crippen LogP contribution is 2.26. The fourth-order valence-electron chi connectivity index (χ4n) is 3.54. The van der Waals surface area contributed by atoms with Crippen LogP contribution in [0.4, 0.5) is 5.69 Å². The predicted octanol–water partition coefficient (Wildman–Crippen LogP) is 8.44. The molecular formula is C29H25BrClNO2. The predicted molar refractivity (Wildman–Crippen MR) is 144 cm³/mol. The summed E-state index contributed by atoms with van der Waals surface area (Å²) in [5, 5.41) is 0.732. The number of aryl methyl sites for hydroxylation is 1. The molecule has 172 valence electrons. The maximum Gasteiger partial charge on any atom is 0.119 e. The quantitative estimate of drug-likeness (QED) is 0.202. The third-order valence-corrected chi connectivity index (χ3v) is 6.31. The molecule has 0 aliphatic heterocycles. The zero-order valence-electron chi connectivity index (χ0n) is 18.9. The zero-order chi connectivity index (χ0) is 23.8. The smallest absolute Gasteiger partial charge is 0.119 e. The molecule has 4 aromatic rings. The van der Waals surface area contributed by atoms with Crippen LogP contribution in [-0.2, 0) is 13.0 Å². The Labute approximate surface area is 214 Å². The van der Waals surface area contributed by atoms with Gasteiger partial charge in [-0.25, -0.2) is 0 Å². The lowest BCUT2D eigenvalue weighted by Crippen LogP contribution is -2.03. The van der Waals surface area contributed by atoms with Crippen LogP contribution >= 0.6 is 27.5 Å². The minimum atomic E-state index is 0.537. The van der Waals surface area contributed by atoms with Crippen molar-refractivity contribution in [1.82, 2.24) is 0 Å². The van der Waals surface area contributed by atoms with Gasteiger partial charge in [0.2, 0.25) is 0 Å². The summed E-state index contributed by atoms with van der Waals surface area (Å²) in [7, 11) is 1.66. The van der Waals surface area contributed by atoms with Gasteiger partial charge in [-0.2, -0.15) is 0 Å². The maximum atomic E-state index is 6.44. The van der Waals surface area contributed by atoms with Crippen molar-refractivity contribution >= 4 is 38.9 Å². The molecule has 0 bridgehead atoms. The first-order chi connectivity index (χ1) is 16.6. The number of benzene rings is 4. The van der Waals surface area contributed by atoms with E-state index in [1.807, 2.05) is 72.8 Å². The van der Waals surface area contributed by atoms with E-state index in [9.17, 15) is 0 Å². The molecule has 0 saturated heterocycles. The number of halogens is 2. The van der Waals surface area contributed by atoms with Crippen LogP contribution in [0.15, 0.2) is 107 Å². The lowest BCUT2D eigenvalue weighted by atomic mass is 10.0. The number of ether oxygens (including phenoxy) is 2. The van der Waals surface area contributed by atoms with E-state index in [2.05, 4.69) is 40.2 Å². The molecule has 0 N–H and O–H groups in total. The van der Waals surface area contributed by atoms with Crippen molar-refractivity contribution in [1.29, 1.82) is 0 Å². The average molecular weight is 535 g/mol. The fraction of sp³-hybridized carbons (Fsp3) is 0.138. The van der Waals surface area contributed by atoms with Crippen molar-refractivity contribution in [3.63, 3.8) is 0 Å². The number of methoxy groups -OCH3 is 1. The monoisotopic (exact) mass is 533 g/mol. The van der Waals surface area contributed by atoms with Crippen LogP contribution in [0.25, 0.3) is 0 Å². The third kappa shape index (κ3) is 6.72. The summed E-state index contributed by atoms with van der Waals surface area (Å²) in [6.07, 6.45) is 1.49. The Morgan fingerprint density at radius 3 is 2.26 bits per heavy atom. The van der Waals surface area contributed by atoms with E-state index >= 15 is 0 Å². The van der Waals surface area contributed by atoms with E-state index in [1.165, 1.54) is 0 Å². The molecule has 34 heavy (non-hydrogen) atoms. The van der Waals surface area contributed by atoms with Crippen LogP contribution in [-0.4, -0.2) is 12.8 Å². The highest BCUT2D eigenvalue weighted by molar-refractivity contribution is 9.10. The Kier molecular flexibility index (Phi) is 8.40.